The number of methoxy groups -OCH3 is 1. The van der Waals surface area contributed by atoms with E-state index in [2.05, 4.69) is 29.5 Å². The van der Waals surface area contributed by atoms with Crippen molar-refractivity contribution in [3.8, 4) is 0 Å². The summed E-state index contributed by atoms with van der Waals surface area (Å²) in [6, 6.07) is 0. The van der Waals surface area contributed by atoms with Gasteiger partial charge in [0.25, 0.3) is 0 Å². The Morgan fingerprint density at radius 2 is 2.30 bits per heavy atom. The Hall–Kier alpha value is -0.450. The zero-order valence-electron chi connectivity index (χ0n) is 13.0. The molecule has 0 saturated heterocycles. The Morgan fingerprint density at radius 1 is 1.45 bits per heavy atom. The van der Waals surface area contributed by atoms with Crippen LogP contribution in [0.4, 0.5) is 0 Å². The van der Waals surface area contributed by atoms with Crippen LogP contribution >= 0.6 is 11.3 Å². The average molecular weight is 296 g/mol. The van der Waals surface area contributed by atoms with Crippen molar-refractivity contribution in [1.82, 2.24) is 10.3 Å². The predicted octanol–water partition coefficient (Wildman–Crippen LogP) is 3.81. The van der Waals surface area contributed by atoms with E-state index in [1.165, 1.54) is 37.1 Å². The number of hydrogen-bond donors (Lipinski definition) is 1. The van der Waals surface area contributed by atoms with Gasteiger partial charge in [-0.2, -0.15) is 0 Å². The van der Waals surface area contributed by atoms with E-state index in [1.54, 1.807) is 18.4 Å². The Morgan fingerprint density at radius 3 is 2.95 bits per heavy atom. The van der Waals surface area contributed by atoms with Crippen molar-refractivity contribution in [1.29, 1.82) is 0 Å². The molecule has 1 aliphatic carbocycles. The van der Waals surface area contributed by atoms with Gasteiger partial charge >= 0.3 is 0 Å². The van der Waals surface area contributed by atoms with Crippen LogP contribution in [-0.2, 0) is 10.3 Å². The van der Waals surface area contributed by atoms with Crippen LogP contribution in [0.3, 0.4) is 0 Å². The minimum absolute atomic E-state index is 0.0797. The third-order valence-corrected chi connectivity index (χ3v) is 5.65. The number of nitrogens with zero attached hydrogens (tertiary/aromatic N) is 1. The smallest absolute Gasteiger partial charge is 0.113 e. The molecule has 1 N–H and O–H groups in total. The van der Waals surface area contributed by atoms with E-state index < -0.39 is 0 Å². The summed E-state index contributed by atoms with van der Waals surface area (Å²) in [5, 5.41) is 7.12. The fourth-order valence-electron chi connectivity index (χ4n) is 3.35. The zero-order valence-corrected chi connectivity index (χ0v) is 13.8. The van der Waals surface area contributed by atoms with E-state index in [-0.39, 0.29) is 5.54 Å². The second kappa shape index (κ2) is 7.53. The lowest BCUT2D eigenvalue weighted by Crippen LogP contribution is -2.43. The molecule has 1 saturated carbocycles. The van der Waals surface area contributed by atoms with Gasteiger partial charge in [-0.25, -0.2) is 4.98 Å². The molecule has 2 atom stereocenters. The molecule has 0 aromatic carbocycles. The Labute approximate surface area is 127 Å². The topological polar surface area (TPSA) is 34.1 Å². The first-order chi connectivity index (χ1) is 9.68. The maximum Gasteiger partial charge on any atom is 0.113 e. The van der Waals surface area contributed by atoms with Gasteiger partial charge in [0.15, 0.2) is 0 Å². The molecular formula is C16H28N2OS. The lowest BCUT2D eigenvalue weighted by Gasteiger charge is -2.32. The number of aromatic nitrogens is 1. The van der Waals surface area contributed by atoms with E-state index in [9.17, 15) is 0 Å². The average Bonchev–Trinajstić information content (AvgIpc) is 2.88. The molecule has 1 aromatic rings. The summed E-state index contributed by atoms with van der Waals surface area (Å²) in [7, 11) is 1.76. The van der Waals surface area contributed by atoms with E-state index in [0.29, 0.717) is 0 Å². The van der Waals surface area contributed by atoms with Crippen LogP contribution in [0.15, 0.2) is 11.6 Å². The zero-order chi connectivity index (χ0) is 14.4. The van der Waals surface area contributed by atoms with Gasteiger partial charge in [0.2, 0.25) is 0 Å². The number of rotatable bonds is 6. The summed E-state index contributed by atoms with van der Waals surface area (Å²) in [6.45, 7) is 6.39. The second-order valence-corrected chi connectivity index (χ2v) is 7.17. The maximum absolute atomic E-state index is 5.21. The third-order valence-electron chi connectivity index (χ3n) is 4.67. The van der Waals surface area contributed by atoms with Crippen LogP contribution in [-0.4, -0.2) is 25.2 Å². The van der Waals surface area contributed by atoms with Crippen molar-refractivity contribution in [2.75, 3.05) is 20.3 Å². The molecule has 4 heteroatoms. The molecule has 0 spiro atoms. The number of nitrogens with one attached hydrogen (secondary N) is 1. The SMILES string of the molecule is COCCNC1(c2nccs2)CCCC(C(C)C)CC1. The van der Waals surface area contributed by atoms with Crippen molar-refractivity contribution in [2.24, 2.45) is 11.8 Å². The maximum atomic E-state index is 5.21. The Bertz CT molecular complexity index is 380. The lowest BCUT2D eigenvalue weighted by atomic mass is 9.86. The molecule has 0 bridgehead atoms. The molecule has 0 aliphatic heterocycles. The first kappa shape index (κ1) is 15.9. The highest BCUT2D eigenvalue weighted by Gasteiger charge is 2.36. The molecule has 1 heterocycles. The summed E-state index contributed by atoms with van der Waals surface area (Å²) < 4.78 is 5.21. The molecule has 2 unspecified atom stereocenters. The quantitative estimate of drug-likeness (QED) is 0.640. The van der Waals surface area contributed by atoms with Gasteiger partial charge in [-0.05, 0) is 31.1 Å². The predicted molar refractivity (Wildman–Crippen MR) is 85.1 cm³/mol. The number of hydrogen-bond acceptors (Lipinski definition) is 4. The summed E-state index contributed by atoms with van der Waals surface area (Å²) in [5.74, 6) is 1.65. The minimum atomic E-state index is 0.0797. The van der Waals surface area contributed by atoms with Crippen molar-refractivity contribution in [3.05, 3.63) is 16.6 Å². The molecule has 114 valence electrons. The molecule has 0 amide bonds. The van der Waals surface area contributed by atoms with E-state index in [0.717, 1.165) is 25.0 Å². The Balaban J connectivity index is 2.10. The van der Waals surface area contributed by atoms with Crippen LogP contribution < -0.4 is 5.32 Å². The molecule has 3 nitrogen and oxygen atoms in total. The standard InChI is InChI=1S/C16H28N2OS/c1-13(2)14-5-4-7-16(8-6-14,18-9-11-19-3)15-17-10-12-20-15/h10,12-14,18H,4-9,11H2,1-3H3. The van der Waals surface area contributed by atoms with Crippen LogP contribution in [0.2, 0.25) is 0 Å². The second-order valence-electron chi connectivity index (χ2n) is 6.27. The third kappa shape index (κ3) is 3.80. The van der Waals surface area contributed by atoms with Crippen molar-refractivity contribution >= 4 is 11.3 Å². The summed E-state index contributed by atoms with van der Waals surface area (Å²) >= 11 is 1.79. The van der Waals surface area contributed by atoms with Gasteiger partial charge < -0.3 is 10.1 Å². The Kier molecular flexibility index (Phi) is 6.00. The fourth-order valence-corrected chi connectivity index (χ4v) is 4.23. The van der Waals surface area contributed by atoms with Crippen LogP contribution in [0.5, 0.6) is 0 Å². The number of thiazole rings is 1. The number of ether oxygens (including phenoxy) is 1. The molecule has 0 radical (unpaired) electrons. The normalized spacial score (nSPS) is 27.7. The van der Waals surface area contributed by atoms with Gasteiger partial charge in [0.1, 0.15) is 5.01 Å². The van der Waals surface area contributed by atoms with Crippen LogP contribution in [0, 0.1) is 11.8 Å². The van der Waals surface area contributed by atoms with Crippen molar-refractivity contribution in [2.45, 2.75) is 51.5 Å². The highest BCUT2D eigenvalue weighted by atomic mass is 32.1. The molecular weight excluding hydrogens is 268 g/mol. The van der Waals surface area contributed by atoms with Gasteiger partial charge in [-0.15, -0.1) is 11.3 Å². The largest absolute Gasteiger partial charge is 0.383 e. The monoisotopic (exact) mass is 296 g/mol. The molecule has 20 heavy (non-hydrogen) atoms. The van der Waals surface area contributed by atoms with E-state index in [1.807, 2.05) is 6.20 Å². The molecule has 2 rings (SSSR count). The van der Waals surface area contributed by atoms with Gasteiger partial charge in [0.05, 0.1) is 12.1 Å². The summed E-state index contributed by atoms with van der Waals surface area (Å²) in [5.41, 5.74) is 0.0797. The summed E-state index contributed by atoms with van der Waals surface area (Å²) in [4.78, 5) is 4.62. The lowest BCUT2D eigenvalue weighted by molar-refractivity contribution is 0.176. The minimum Gasteiger partial charge on any atom is -0.383 e. The van der Waals surface area contributed by atoms with Crippen LogP contribution in [0.1, 0.15) is 51.0 Å². The van der Waals surface area contributed by atoms with Gasteiger partial charge in [-0.3, -0.25) is 0 Å². The van der Waals surface area contributed by atoms with E-state index in [4.69, 9.17) is 4.74 Å². The van der Waals surface area contributed by atoms with Crippen LogP contribution in [0.25, 0.3) is 0 Å². The molecule has 1 aromatic heterocycles. The summed E-state index contributed by atoms with van der Waals surface area (Å²) in [6.07, 6.45) is 8.29. The molecule has 1 fully saturated rings. The van der Waals surface area contributed by atoms with Crippen molar-refractivity contribution < 1.29 is 4.74 Å². The first-order valence-electron chi connectivity index (χ1n) is 7.82. The van der Waals surface area contributed by atoms with E-state index >= 15 is 0 Å². The fraction of sp³-hybridized carbons (Fsp3) is 0.812. The van der Waals surface area contributed by atoms with Gasteiger partial charge in [0, 0.05) is 25.2 Å². The highest BCUT2D eigenvalue weighted by Crippen LogP contribution is 2.40. The highest BCUT2D eigenvalue weighted by molar-refractivity contribution is 7.09. The first-order valence-corrected chi connectivity index (χ1v) is 8.70. The van der Waals surface area contributed by atoms with Gasteiger partial charge in [-0.1, -0.05) is 26.7 Å². The van der Waals surface area contributed by atoms with Crippen molar-refractivity contribution in [3.63, 3.8) is 0 Å². The molecule has 1 aliphatic rings.